The van der Waals surface area contributed by atoms with Gasteiger partial charge in [0.15, 0.2) is 6.29 Å². The topological polar surface area (TPSA) is 94.9 Å². The van der Waals surface area contributed by atoms with Gasteiger partial charge in [-0.3, -0.25) is 9.59 Å². The van der Waals surface area contributed by atoms with E-state index < -0.39 is 24.5 Å². The maximum Gasteiger partial charge on any atom is 0.303 e. The van der Waals surface area contributed by atoms with Gasteiger partial charge in [-0.15, -0.1) is 0 Å². The van der Waals surface area contributed by atoms with Gasteiger partial charge in [-0.25, -0.2) is 0 Å². The Morgan fingerprint density at radius 1 is 1.30 bits per heavy atom. The van der Waals surface area contributed by atoms with E-state index in [1.165, 1.54) is 21.0 Å². The lowest BCUT2D eigenvalue weighted by molar-refractivity contribution is -0.220. The molecule has 0 aromatic carbocycles. The monoisotopic (exact) mass is 381 g/mol. The van der Waals surface area contributed by atoms with Crippen LogP contribution in [-0.4, -0.2) is 43.7 Å². The largest absolute Gasteiger partial charge is 0.462 e. The minimum Gasteiger partial charge on any atom is -0.462 e. The average Bonchev–Trinajstić information content (AvgIpc) is 2.60. The standard InChI is InChI=1S/C20H31NO6/c1-5-6-7-8-16(25-14(2)22)9-10-18-17(11-12-21)19(26-15(3)23)13-20(24-4)27-18/h9-10,16-20H,5-8,11,13H2,1-4H3/t16-,17+,18+,19+,20?/m0/s1. The third kappa shape index (κ3) is 8.55. The molecular weight excluding hydrogens is 350 g/mol. The normalized spacial score (nSPS) is 26.3. The number of methoxy groups -OCH3 is 1. The predicted octanol–water partition coefficient (Wildman–Crippen LogP) is 3.28. The summed E-state index contributed by atoms with van der Waals surface area (Å²) < 4.78 is 22.0. The minimum atomic E-state index is -0.536. The van der Waals surface area contributed by atoms with E-state index in [1.807, 2.05) is 0 Å². The molecule has 1 aliphatic rings. The molecule has 1 saturated heterocycles. The van der Waals surface area contributed by atoms with Crippen molar-refractivity contribution in [2.24, 2.45) is 5.92 Å². The number of unbranched alkanes of at least 4 members (excludes halogenated alkanes) is 2. The van der Waals surface area contributed by atoms with Crippen LogP contribution in [0.4, 0.5) is 0 Å². The number of nitrogens with zero attached hydrogens (tertiary/aromatic N) is 1. The predicted molar refractivity (Wildman–Crippen MR) is 98.4 cm³/mol. The second-order valence-electron chi connectivity index (χ2n) is 6.70. The summed E-state index contributed by atoms with van der Waals surface area (Å²) >= 11 is 0. The smallest absolute Gasteiger partial charge is 0.303 e. The lowest BCUT2D eigenvalue weighted by atomic mass is 9.87. The molecule has 27 heavy (non-hydrogen) atoms. The molecule has 1 aliphatic heterocycles. The maximum atomic E-state index is 11.4. The van der Waals surface area contributed by atoms with Crippen LogP contribution in [0.5, 0.6) is 0 Å². The van der Waals surface area contributed by atoms with Crippen LogP contribution < -0.4 is 0 Å². The van der Waals surface area contributed by atoms with Crippen LogP contribution in [0.25, 0.3) is 0 Å². The fourth-order valence-electron chi connectivity index (χ4n) is 3.19. The quantitative estimate of drug-likeness (QED) is 0.325. The van der Waals surface area contributed by atoms with Gasteiger partial charge in [0, 0.05) is 39.7 Å². The fourth-order valence-corrected chi connectivity index (χ4v) is 3.19. The van der Waals surface area contributed by atoms with Crippen molar-refractivity contribution in [1.29, 1.82) is 5.26 Å². The van der Waals surface area contributed by atoms with E-state index in [-0.39, 0.29) is 24.4 Å². The molecule has 0 N–H and O–H groups in total. The van der Waals surface area contributed by atoms with Gasteiger partial charge in [0.1, 0.15) is 12.2 Å². The number of hydrogen-bond acceptors (Lipinski definition) is 7. The molecule has 7 heteroatoms. The zero-order valence-corrected chi connectivity index (χ0v) is 16.7. The molecule has 0 saturated carbocycles. The van der Waals surface area contributed by atoms with Crippen LogP contribution in [-0.2, 0) is 28.5 Å². The number of carbonyl (C=O) groups is 2. The van der Waals surface area contributed by atoms with Gasteiger partial charge in [-0.05, 0) is 18.9 Å². The lowest BCUT2D eigenvalue weighted by Gasteiger charge is -2.38. The molecule has 0 bridgehead atoms. The van der Waals surface area contributed by atoms with E-state index in [9.17, 15) is 14.9 Å². The fraction of sp³-hybridized carbons (Fsp3) is 0.750. The molecule has 152 valence electrons. The second kappa shape index (κ2) is 12.5. The van der Waals surface area contributed by atoms with Crippen LogP contribution in [0.1, 0.15) is 59.3 Å². The number of carbonyl (C=O) groups excluding carboxylic acids is 2. The summed E-state index contributed by atoms with van der Waals surface area (Å²) in [6, 6.07) is 2.13. The molecule has 5 atom stereocenters. The van der Waals surface area contributed by atoms with E-state index in [4.69, 9.17) is 18.9 Å². The zero-order valence-electron chi connectivity index (χ0n) is 16.7. The first-order chi connectivity index (χ1) is 12.9. The highest BCUT2D eigenvalue weighted by atomic mass is 16.7. The first-order valence-electron chi connectivity index (χ1n) is 9.49. The van der Waals surface area contributed by atoms with Crippen molar-refractivity contribution in [2.45, 2.75) is 83.9 Å². The summed E-state index contributed by atoms with van der Waals surface area (Å²) in [6.45, 7) is 4.84. The van der Waals surface area contributed by atoms with Crippen molar-refractivity contribution >= 4 is 11.9 Å². The molecule has 0 radical (unpaired) electrons. The first-order valence-corrected chi connectivity index (χ1v) is 9.49. The Hall–Kier alpha value is -1.91. The minimum absolute atomic E-state index is 0.178. The van der Waals surface area contributed by atoms with E-state index in [1.54, 1.807) is 12.2 Å². The second-order valence-corrected chi connectivity index (χ2v) is 6.70. The zero-order chi connectivity index (χ0) is 20.2. The van der Waals surface area contributed by atoms with Gasteiger partial charge in [-0.1, -0.05) is 25.8 Å². The molecule has 0 spiro atoms. The van der Waals surface area contributed by atoms with Crippen molar-refractivity contribution in [2.75, 3.05) is 7.11 Å². The van der Waals surface area contributed by atoms with Crippen LogP contribution >= 0.6 is 0 Å². The van der Waals surface area contributed by atoms with E-state index in [2.05, 4.69) is 13.0 Å². The number of esters is 2. The maximum absolute atomic E-state index is 11.4. The van der Waals surface area contributed by atoms with Gasteiger partial charge in [0.25, 0.3) is 0 Å². The molecule has 1 fully saturated rings. The summed E-state index contributed by atoms with van der Waals surface area (Å²) in [7, 11) is 1.52. The summed E-state index contributed by atoms with van der Waals surface area (Å²) in [5, 5.41) is 9.18. The Morgan fingerprint density at radius 3 is 2.59 bits per heavy atom. The first kappa shape index (κ1) is 23.1. The molecule has 0 amide bonds. The van der Waals surface area contributed by atoms with Crippen molar-refractivity contribution in [3.05, 3.63) is 12.2 Å². The van der Waals surface area contributed by atoms with Gasteiger partial charge >= 0.3 is 11.9 Å². The van der Waals surface area contributed by atoms with Crippen LogP contribution in [0.3, 0.4) is 0 Å². The molecule has 0 aromatic heterocycles. The molecule has 0 aliphatic carbocycles. The van der Waals surface area contributed by atoms with Crippen molar-refractivity contribution in [3.63, 3.8) is 0 Å². The number of nitriles is 1. The van der Waals surface area contributed by atoms with Crippen LogP contribution in [0, 0.1) is 17.2 Å². The van der Waals surface area contributed by atoms with Gasteiger partial charge < -0.3 is 18.9 Å². The Labute approximate surface area is 161 Å². The Bertz CT molecular complexity index is 541. The Balaban J connectivity index is 2.93. The third-order valence-electron chi connectivity index (χ3n) is 4.47. The van der Waals surface area contributed by atoms with Gasteiger partial charge in [-0.2, -0.15) is 5.26 Å². The van der Waals surface area contributed by atoms with Gasteiger partial charge in [0.05, 0.1) is 12.2 Å². The average molecular weight is 381 g/mol. The molecule has 0 aromatic rings. The van der Waals surface area contributed by atoms with Crippen molar-refractivity contribution in [1.82, 2.24) is 0 Å². The number of ether oxygens (including phenoxy) is 4. The highest BCUT2D eigenvalue weighted by Gasteiger charge is 2.39. The molecule has 1 unspecified atom stereocenters. The third-order valence-corrected chi connectivity index (χ3v) is 4.47. The Morgan fingerprint density at radius 2 is 2.04 bits per heavy atom. The van der Waals surface area contributed by atoms with Crippen molar-refractivity contribution < 1.29 is 28.5 Å². The highest BCUT2D eigenvalue weighted by Crippen LogP contribution is 2.32. The summed E-state index contributed by atoms with van der Waals surface area (Å²) in [4.78, 5) is 22.8. The number of hydrogen-bond donors (Lipinski definition) is 0. The molecule has 1 rings (SSSR count). The molecule has 7 nitrogen and oxygen atoms in total. The van der Waals surface area contributed by atoms with Crippen LogP contribution in [0.15, 0.2) is 12.2 Å². The van der Waals surface area contributed by atoms with E-state index >= 15 is 0 Å². The van der Waals surface area contributed by atoms with E-state index in [0.29, 0.717) is 6.42 Å². The van der Waals surface area contributed by atoms with Gasteiger partial charge in [0.2, 0.25) is 0 Å². The van der Waals surface area contributed by atoms with Crippen LogP contribution in [0.2, 0.25) is 0 Å². The van der Waals surface area contributed by atoms with E-state index in [0.717, 1.165) is 25.7 Å². The number of rotatable bonds is 10. The summed E-state index contributed by atoms with van der Waals surface area (Å²) in [5.74, 6) is -1.05. The lowest BCUT2D eigenvalue weighted by Crippen LogP contribution is -2.45. The highest BCUT2D eigenvalue weighted by molar-refractivity contribution is 5.66. The van der Waals surface area contributed by atoms with Crippen molar-refractivity contribution in [3.8, 4) is 6.07 Å². The molecular formula is C20H31NO6. The molecule has 1 heterocycles. The summed E-state index contributed by atoms with van der Waals surface area (Å²) in [5.41, 5.74) is 0. The Kier molecular flexibility index (Phi) is 10.7. The SMILES string of the molecule is CCCCC[C@@H](C=C[C@H]1OC(OC)C[C@@H](OC(C)=O)[C@@H]1CC#N)OC(C)=O. The summed E-state index contributed by atoms with van der Waals surface area (Å²) in [6.07, 6.45) is 6.12.